The number of hydrogen-bond donors (Lipinski definition) is 8. The lowest BCUT2D eigenvalue weighted by Crippen LogP contribution is -2.39. The second-order valence-electron chi connectivity index (χ2n) is 25.1. The summed E-state index contributed by atoms with van der Waals surface area (Å²) >= 11 is 0. The van der Waals surface area contributed by atoms with Gasteiger partial charge in [-0.1, -0.05) is 142 Å². The van der Waals surface area contributed by atoms with E-state index in [2.05, 4.69) is 27.7 Å². The molecule has 8 aliphatic rings. The van der Waals surface area contributed by atoms with Crippen molar-refractivity contribution in [2.75, 3.05) is 106 Å². The number of benzene rings is 2. The first-order valence-electron chi connectivity index (χ1n) is 34.9. The Morgan fingerprint density at radius 1 is 0.337 bits per heavy atom. The molecule has 0 amide bonds. The quantitative estimate of drug-likeness (QED) is 0.0413. The highest BCUT2D eigenvalue weighted by Crippen LogP contribution is 2.30. The van der Waals surface area contributed by atoms with E-state index in [0.29, 0.717) is 114 Å². The average Bonchev–Trinajstić information content (AvgIpc) is 1.60. The lowest BCUT2D eigenvalue weighted by molar-refractivity contribution is -0.238. The molecule has 8 saturated heterocycles. The number of unbranched alkanes of at least 4 members (excludes halogenated alkanes) is 2. The maximum absolute atomic E-state index is 9.21. The monoisotopic (exact) mass is 1400 g/mol. The van der Waals surface area contributed by atoms with Crippen LogP contribution in [0.2, 0.25) is 0 Å². The van der Waals surface area contributed by atoms with Gasteiger partial charge < -0.3 is 125 Å². The van der Waals surface area contributed by atoms with Gasteiger partial charge in [-0.05, 0) is 49.9 Å². The van der Waals surface area contributed by atoms with Crippen LogP contribution in [0.5, 0.6) is 0 Å². The summed E-state index contributed by atoms with van der Waals surface area (Å²) < 4.78 is 95.3. The maximum Gasteiger partial charge on any atom is 0.217 e. The Morgan fingerprint density at radius 2 is 0.663 bits per heavy atom. The molecule has 12 rings (SSSR count). The van der Waals surface area contributed by atoms with Crippen LogP contribution in [0.3, 0.4) is 0 Å². The molecule has 2 aromatic heterocycles. The van der Waals surface area contributed by atoms with Gasteiger partial charge in [0.2, 0.25) is 12.6 Å². The molecule has 10 unspecified atom stereocenters. The van der Waals surface area contributed by atoms with Crippen LogP contribution in [0.1, 0.15) is 155 Å². The minimum atomic E-state index is -0.517. The van der Waals surface area contributed by atoms with E-state index in [1.807, 2.05) is 88.4 Å². The molecule has 2 aromatic carbocycles. The average molecular weight is 1400 g/mol. The third-order valence-corrected chi connectivity index (χ3v) is 15.9. The molecule has 0 bridgehead atoms. The predicted octanol–water partition coefficient (Wildman–Crippen LogP) is 8.18. The highest BCUT2D eigenvalue weighted by molar-refractivity contribution is 5.17. The van der Waals surface area contributed by atoms with Gasteiger partial charge in [0, 0.05) is 34.8 Å². The van der Waals surface area contributed by atoms with E-state index in [0.717, 1.165) is 36.8 Å². The van der Waals surface area contributed by atoms with E-state index >= 15 is 0 Å². The lowest BCUT2D eigenvalue weighted by Gasteiger charge is -2.32. The second kappa shape index (κ2) is 49.6. The molecule has 0 aliphatic carbocycles. The third-order valence-electron chi connectivity index (χ3n) is 15.9. The molecule has 26 nitrogen and oxygen atoms in total. The summed E-state index contributed by atoms with van der Waals surface area (Å²) in [5.74, 6) is 3.01. The second-order valence-corrected chi connectivity index (χ2v) is 25.1. The Balaban J connectivity index is 0.000000203. The van der Waals surface area contributed by atoms with Crippen molar-refractivity contribution in [3.63, 3.8) is 0 Å². The number of aliphatic hydroxyl groups excluding tert-OH is 8. The minimum absolute atomic E-state index is 0.0167. The van der Waals surface area contributed by atoms with Crippen molar-refractivity contribution >= 4 is 0 Å². The van der Waals surface area contributed by atoms with Crippen LogP contribution in [0, 0.1) is 23.7 Å². The first-order valence-corrected chi connectivity index (χ1v) is 34.9. The standard InChI is InChI=1S/2C11H22O3.2C10H12O3.2C8H10O4.2C7H14O3/c1-3-5-6-9(4-2)11-13-7-10(12)8-14-11;1-3-5-6-9(4-2)11-13-8-10(7-12)14-11;11-9-6-12-10(13-7-9)8-4-2-1-3-5-8;11-6-9-7-12-10(13-9)8-4-2-1-3-5-8;9-6-4-11-8(12-5-6)7-2-1-3-10-7;9-4-6-5-11-8(12-6)7-2-1-3-10-7;1-5(2)7-9-3-6(8)4-10-7;1-5(2)7-9-4-6(3-8)10-7/h2*9-12H,3-8H2,1-2H3;2*1-5,9-11H,6-7H2;2*1-3,6,8-9H,4-5H2;2*5-8H,3-4H2,1-2H3. The van der Waals surface area contributed by atoms with Gasteiger partial charge in [-0.3, -0.25) is 0 Å². The van der Waals surface area contributed by atoms with Gasteiger partial charge >= 0.3 is 0 Å². The Hall–Kier alpha value is -3.96. The maximum atomic E-state index is 9.21. The Labute approximate surface area is 578 Å². The minimum Gasteiger partial charge on any atom is -0.464 e. The number of rotatable bonds is 20. The fourth-order valence-corrected chi connectivity index (χ4v) is 10.2. The number of ether oxygens (including phenoxy) is 16. The molecule has 8 aliphatic heterocycles. The number of aliphatic hydroxyl groups is 8. The first-order chi connectivity index (χ1) is 47.5. The topological polar surface area (TPSA) is 336 Å². The van der Waals surface area contributed by atoms with Gasteiger partial charge in [0.05, 0.1) is 118 Å². The SMILES string of the molecule is CC(C)C1OCC(CO)O1.CC(C)C1OCC(O)CO1.CCCCC(CC)C1OCC(CO)O1.CCCCC(CC)C1OCC(O)CO1.OC1COC(c2ccccc2)OC1.OC1COC(c2ccco2)OC1.OCC1COC(c2ccccc2)O1.OCC1COC(c2ccco2)O1. The predicted molar refractivity (Wildman–Crippen MR) is 356 cm³/mol. The van der Waals surface area contributed by atoms with Gasteiger partial charge in [0.15, 0.2) is 49.3 Å². The van der Waals surface area contributed by atoms with E-state index in [1.54, 1.807) is 36.8 Å². The summed E-state index contributed by atoms with van der Waals surface area (Å²) in [6.45, 7) is 21.9. The smallest absolute Gasteiger partial charge is 0.217 e. The van der Waals surface area contributed by atoms with Gasteiger partial charge in [0.25, 0.3) is 0 Å². The van der Waals surface area contributed by atoms with E-state index in [4.69, 9.17) is 120 Å². The molecular weight excluding hydrogens is 1280 g/mol. The summed E-state index contributed by atoms with van der Waals surface area (Å²) in [7, 11) is 0. The van der Waals surface area contributed by atoms with Crippen LogP contribution in [0.25, 0.3) is 0 Å². The zero-order valence-electron chi connectivity index (χ0n) is 58.7. The van der Waals surface area contributed by atoms with E-state index < -0.39 is 37.0 Å². The first kappa shape index (κ1) is 84.7. The number of furan rings is 2. The molecule has 4 aromatic rings. The van der Waals surface area contributed by atoms with Crippen molar-refractivity contribution in [3.8, 4) is 0 Å². The highest BCUT2D eigenvalue weighted by atomic mass is 16.8. The van der Waals surface area contributed by atoms with Crippen LogP contribution in [0.4, 0.5) is 0 Å². The van der Waals surface area contributed by atoms with E-state index in [-0.39, 0.29) is 88.6 Å². The molecule has 8 N–H and O–H groups in total. The van der Waals surface area contributed by atoms with Gasteiger partial charge in [0.1, 0.15) is 48.8 Å². The van der Waals surface area contributed by atoms with Crippen LogP contribution >= 0.6 is 0 Å². The molecule has 0 spiro atoms. The Kier molecular flexibility index (Phi) is 42.9. The normalized spacial score (nSPS) is 30.3. The van der Waals surface area contributed by atoms with Crippen molar-refractivity contribution in [2.24, 2.45) is 23.7 Å². The zero-order chi connectivity index (χ0) is 70.9. The summed E-state index contributed by atoms with van der Waals surface area (Å²) in [4.78, 5) is 0. The molecule has 8 fully saturated rings. The van der Waals surface area contributed by atoms with Crippen molar-refractivity contribution in [2.45, 2.75) is 206 Å². The Bertz CT molecular complexity index is 2360. The molecule has 560 valence electrons. The Morgan fingerprint density at radius 3 is 1.04 bits per heavy atom. The zero-order valence-corrected chi connectivity index (χ0v) is 58.7. The van der Waals surface area contributed by atoms with Crippen molar-refractivity contribution in [3.05, 3.63) is 120 Å². The van der Waals surface area contributed by atoms with E-state index in [1.165, 1.54) is 25.7 Å². The fraction of sp³-hybridized carbons (Fsp3) is 0.722. The van der Waals surface area contributed by atoms with E-state index in [9.17, 15) is 5.11 Å². The molecule has 26 heteroatoms. The van der Waals surface area contributed by atoms with Crippen molar-refractivity contribution in [1.29, 1.82) is 0 Å². The molecule has 0 radical (unpaired) electrons. The molecule has 0 saturated carbocycles. The van der Waals surface area contributed by atoms with Crippen LogP contribution in [-0.2, 0) is 75.8 Å². The lowest BCUT2D eigenvalue weighted by atomic mass is 9.98. The van der Waals surface area contributed by atoms with Gasteiger partial charge in [-0.25, -0.2) is 0 Å². The van der Waals surface area contributed by atoms with Crippen molar-refractivity contribution < 1.29 is 125 Å². The molecular formula is C72H116O26. The summed E-state index contributed by atoms with van der Waals surface area (Å²) in [5.41, 5.74) is 1.99. The van der Waals surface area contributed by atoms with Crippen LogP contribution < -0.4 is 0 Å². The van der Waals surface area contributed by atoms with Crippen LogP contribution in [0.15, 0.2) is 106 Å². The summed E-state index contributed by atoms with van der Waals surface area (Å²) in [5, 5.41) is 71.5. The van der Waals surface area contributed by atoms with Gasteiger partial charge in [-0.15, -0.1) is 0 Å². The van der Waals surface area contributed by atoms with Crippen molar-refractivity contribution in [1.82, 2.24) is 0 Å². The molecule has 10 heterocycles. The molecule has 98 heavy (non-hydrogen) atoms. The molecule has 10 atom stereocenters. The summed E-state index contributed by atoms with van der Waals surface area (Å²) in [6.07, 6.45) is 8.10. The third kappa shape index (κ3) is 32.1. The summed E-state index contributed by atoms with van der Waals surface area (Å²) in [6, 6.07) is 26.5. The number of hydrogen-bond acceptors (Lipinski definition) is 26. The van der Waals surface area contributed by atoms with Gasteiger partial charge in [-0.2, -0.15) is 0 Å². The van der Waals surface area contributed by atoms with Crippen LogP contribution in [-0.4, -0.2) is 221 Å². The highest BCUT2D eigenvalue weighted by Gasteiger charge is 2.33. The largest absolute Gasteiger partial charge is 0.464 e. The fourth-order valence-electron chi connectivity index (χ4n) is 10.2.